The zero-order valence-electron chi connectivity index (χ0n) is 12.4. The third kappa shape index (κ3) is 4.10. The van der Waals surface area contributed by atoms with Crippen LogP contribution in [0, 0.1) is 6.92 Å². The first-order valence-electron chi connectivity index (χ1n) is 7.16. The highest BCUT2D eigenvalue weighted by Crippen LogP contribution is 2.32. The number of benzene rings is 1. The summed E-state index contributed by atoms with van der Waals surface area (Å²) in [4.78, 5) is 14.4. The van der Waals surface area contributed by atoms with Crippen LogP contribution in [0.1, 0.15) is 18.4 Å². The number of likely N-dealkylation sites (N-methyl/N-ethyl adjacent to an activating group) is 1. The molecule has 1 amide bonds. The highest BCUT2D eigenvalue weighted by atomic mass is 35.5. The summed E-state index contributed by atoms with van der Waals surface area (Å²) in [7, 11) is 1.93. The van der Waals surface area contributed by atoms with Crippen LogP contribution in [-0.2, 0) is 4.79 Å². The Kier molecular flexibility index (Phi) is 5.88. The third-order valence-corrected chi connectivity index (χ3v) is 4.64. The molecule has 0 radical (unpaired) electrons. The van der Waals surface area contributed by atoms with Crippen LogP contribution in [0.15, 0.2) is 12.1 Å². The van der Waals surface area contributed by atoms with Crippen LogP contribution < -0.4 is 10.6 Å². The maximum absolute atomic E-state index is 12.2. The summed E-state index contributed by atoms with van der Waals surface area (Å²) in [5.74, 6) is -0.0765. The molecule has 1 aliphatic heterocycles. The second-order valence-corrected chi connectivity index (χ2v) is 6.21. The molecule has 0 bridgehead atoms. The Bertz CT molecular complexity index is 522. The number of rotatable bonds is 5. The Morgan fingerprint density at radius 3 is 2.90 bits per heavy atom. The molecule has 1 fully saturated rings. The van der Waals surface area contributed by atoms with Crippen molar-refractivity contribution in [2.24, 2.45) is 0 Å². The second-order valence-electron chi connectivity index (χ2n) is 5.43. The molecule has 1 aromatic carbocycles. The minimum atomic E-state index is -0.0765. The van der Waals surface area contributed by atoms with Gasteiger partial charge >= 0.3 is 0 Å². The SMILES string of the molecule is CNCC1CCCN1CC(=O)Nc1c(Cl)ccc(C)c1Cl. The molecular formula is C15H21Cl2N3O. The van der Waals surface area contributed by atoms with Crippen LogP contribution in [0.4, 0.5) is 5.69 Å². The Labute approximate surface area is 135 Å². The minimum absolute atomic E-state index is 0.0765. The lowest BCUT2D eigenvalue weighted by molar-refractivity contribution is -0.117. The first-order valence-corrected chi connectivity index (χ1v) is 7.91. The number of carbonyl (C=O) groups is 1. The van der Waals surface area contributed by atoms with Crippen LogP contribution in [-0.4, -0.2) is 43.5 Å². The van der Waals surface area contributed by atoms with E-state index < -0.39 is 0 Å². The zero-order chi connectivity index (χ0) is 15.4. The van der Waals surface area contributed by atoms with Gasteiger partial charge in [-0.1, -0.05) is 29.3 Å². The highest BCUT2D eigenvalue weighted by Gasteiger charge is 2.25. The Morgan fingerprint density at radius 2 is 2.19 bits per heavy atom. The smallest absolute Gasteiger partial charge is 0.238 e. The van der Waals surface area contributed by atoms with Crippen molar-refractivity contribution in [3.05, 3.63) is 27.7 Å². The summed E-state index contributed by atoms with van der Waals surface area (Å²) < 4.78 is 0. The molecule has 0 aliphatic carbocycles. The van der Waals surface area contributed by atoms with Gasteiger partial charge in [0.15, 0.2) is 0 Å². The number of anilines is 1. The Morgan fingerprint density at radius 1 is 1.43 bits per heavy atom. The molecule has 21 heavy (non-hydrogen) atoms. The highest BCUT2D eigenvalue weighted by molar-refractivity contribution is 6.40. The zero-order valence-corrected chi connectivity index (χ0v) is 13.9. The molecule has 4 nitrogen and oxygen atoms in total. The van der Waals surface area contributed by atoms with Crippen molar-refractivity contribution < 1.29 is 4.79 Å². The predicted molar refractivity (Wildman–Crippen MR) is 88.4 cm³/mol. The van der Waals surface area contributed by atoms with Crippen LogP contribution in [0.25, 0.3) is 0 Å². The number of aryl methyl sites for hydroxylation is 1. The number of nitrogens with one attached hydrogen (secondary N) is 2. The van der Waals surface area contributed by atoms with Crippen molar-refractivity contribution in [3.8, 4) is 0 Å². The molecule has 0 saturated carbocycles. The van der Waals surface area contributed by atoms with Gasteiger partial charge < -0.3 is 10.6 Å². The van der Waals surface area contributed by atoms with Crippen molar-refractivity contribution in [1.82, 2.24) is 10.2 Å². The average Bonchev–Trinajstić information content (AvgIpc) is 2.87. The molecule has 2 rings (SSSR count). The lowest BCUT2D eigenvalue weighted by atomic mass is 10.2. The number of likely N-dealkylation sites (tertiary alicyclic amines) is 1. The van der Waals surface area contributed by atoms with Gasteiger partial charge in [-0.05, 0) is 45.0 Å². The van der Waals surface area contributed by atoms with Gasteiger partial charge in [-0.15, -0.1) is 0 Å². The van der Waals surface area contributed by atoms with Gasteiger partial charge in [-0.2, -0.15) is 0 Å². The van der Waals surface area contributed by atoms with Crippen molar-refractivity contribution in [1.29, 1.82) is 0 Å². The van der Waals surface area contributed by atoms with Gasteiger partial charge in [0.25, 0.3) is 0 Å². The van der Waals surface area contributed by atoms with Gasteiger partial charge in [0.2, 0.25) is 5.91 Å². The Hall–Kier alpha value is -0.810. The molecule has 1 heterocycles. The summed E-state index contributed by atoms with van der Waals surface area (Å²) >= 11 is 12.3. The number of hydrogen-bond acceptors (Lipinski definition) is 3. The van der Waals surface area contributed by atoms with Gasteiger partial charge in [0.05, 0.1) is 22.3 Å². The number of hydrogen-bond donors (Lipinski definition) is 2. The van der Waals surface area contributed by atoms with Gasteiger partial charge in [0.1, 0.15) is 0 Å². The fraction of sp³-hybridized carbons (Fsp3) is 0.533. The van der Waals surface area contributed by atoms with E-state index in [2.05, 4.69) is 15.5 Å². The van der Waals surface area contributed by atoms with E-state index in [-0.39, 0.29) is 5.91 Å². The predicted octanol–water partition coefficient (Wildman–Crippen LogP) is 2.92. The number of halogens is 2. The number of carbonyl (C=O) groups excluding carboxylic acids is 1. The molecule has 0 spiro atoms. The van der Waals surface area contributed by atoms with E-state index in [1.54, 1.807) is 6.07 Å². The summed E-state index contributed by atoms with van der Waals surface area (Å²) in [6.45, 7) is 4.11. The summed E-state index contributed by atoms with van der Waals surface area (Å²) in [6.07, 6.45) is 2.26. The second kappa shape index (κ2) is 7.45. The van der Waals surface area contributed by atoms with E-state index in [4.69, 9.17) is 23.2 Å². The largest absolute Gasteiger partial charge is 0.322 e. The molecule has 116 valence electrons. The van der Waals surface area contributed by atoms with Gasteiger partial charge in [-0.25, -0.2) is 0 Å². The van der Waals surface area contributed by atoms with Crippen LogP contribution in [0.3, 0.4) is 0 Å². The summed E-state index contributed by atoms with van der Waals surface area (Å²) in [5, 5.41) is 6.99. The molecule has 1 atom stereocenters. The first kappa shape index (κ1) is 16.6. The molecule has 1 aromatic rings. The van der Waals surface area contributed by atoms with E-state index in [0.29, 0.717) is 28.3 Å². The van der Waals surface area contributed by atoms with Crippen LogP contribution in [0.5, 0.6) is 0 Å². The Balaban J connectivity index is 2.01. The lowest BCUT2D eigenvalue weighted by Gasteiger charge is -2.23. The fourth-order valence-corrected chi connectivity index (χ4v) is 3.17. The van der Waals surface area contributed by atoms with Crippen molar-refractivity contribution >= 4 is 34.8 Å². The summed E-state index contributed by atoms with van der Waals surface area (Å²) in [6, 6.07) is 4.01. The van der Waals surface area contributed by atoms with E-state index >= 15 is 0 Å². The molecular weight excluding hydrogens is 309 g/mol. The third-order valence-electron chi connectivity index (χ3n) is 3.83. The maximum Gasteiger partial charge on any atom is 0.238 e. The molecule has 6 heteroatoms. The van der Waals surface area contributed by atoms with E-state index in [0.717, 1.165) is 31.5 Å². The van der Waals surface area contributed by atoms with E-state index in [9.17, 15) is 4.79 Å². The monoisotopic (exact) mass is 329 g/mol. The lowest BCUT2D eigenvalue weighted by Crippen LogP contribution is -2.41. The van der Waals surface area contributed by atoms with Crippen molar-refractivity contribution in [2.75, 3.05) is 32.0 Å². The van der Waals surface area contributed by atoms with Crippen molar-refractivity contribution in [2.45, 2.75) is 25.8 Å². The standard InChI is InChI=1S/C15H21Cl2N3O/c1-10-5-6-12(16)15(14(10)17)19-13(21)9-20-7-3-4-11(20)8-18-2/h5-6,11,18H,3-4,7-9H2,1-2H3,(H,19,21). The normalized spacial score (nSPS) is 19.0. The fourth-order valence-electron chi connectivity index (χ4n) is 2.70. The molecule has 2 N–H and O–H groups in total. The number of amides is 1. The van der Waals surface area contributed by atoms with E-state index in [1.807, 2.05) is 20.0 Å². The molecule has 0 aromatic heterocycles. The van der Waals surface area contributed by atoms with Crippen LogP contribution >= 0.6 is 23.2 Å². The summed E-state index contributed by atoms with van der Waals surface area (Å²) in [5.41, 5.74) is 1.40. The maximum atomic E-state index is 12.2. The molecule has 1 saturated heterocycles. The van der Waals surface area contributed by atoms with Crippen LogP contribution in [0.2, 0.25) is 10.0 Å². The average molecular weight is 330 g/mol. The molecule has 1 unspecified atom stereocenters. The topological polar surface area (TPSA) is 44.4 Å². The van der Waals surface area contributed by atoms with Crippen molar-refractivity contribution in [3.63, 3.8) is 0 Å². The number of nitrogens with zero attached hydrogens (tertiary/aromatic N) is 1. The molecule has 1 aliphatic rings. The van der Waals surface area contributed by atoms with E-state index in [1.165, 1.54) is 0 Å². The quantitative estimate of drug-likeness (QED) is 0.872. The van der Waals surface area contributed by atoms with Gasteiger partial charge in [0, 0.05) is 12.6 Å². The first-order chi connectivity index (χ1) is 10.0. The van der Waals surface area contributed by atoms with Gasteiger partial charge in [-0.3, -0.25) is 9.69 Å². The minimum Gasteiger partial charge on any atom is -0.322 e.